The summed E-state index contributed by atoms with van der Waals surface area (Å²) in [5.74, 6) is 0. The second kappa shape index (κ2) is 4.46. The van der Waals surface area contributed by atoms with Crippen molar-refractivity contribution in [2.45, 2.75) is 13.8 Å². The van der Waals surface area contributed by atoms with E-state index in [1.165, 1.54) is 19.9 Å². The summed E-state index contributed by atoms with van der Waals surface area (Å²) in [5.41, 5.74) is 0. The van der Waals surface area contributed by atoms with E-state index in [1.54, 1.807) is 0 Å². The number of allylic oxidation sites excluding steroid dienone is 2. The molecule has 0 aromatic carbocycles. The topological polar surface area (TPSA) is 57.2 Å². The normalized spacial score (nSPS) is 12.6. The van der Waals surface area contributed by atoms with Gasteiger partial charge in [-0.1, -0.05) is 6.08 Å². The predicted octanol–water partition coefficient (Wildman–Crippen LogP) is -2.54. The maximum absolute atomic E-state index is 9.94. The van der Waals surface area contributed by atoms with Gasteiger partial charge in [0.2, 0.25) is 0 Å². The van der Waals surface area contributed by atoms with Crippen LogP contribution < -0.4 is 29.6 Å². The van der Waals surface area contributed by atoms with E-state index in [0.717, 1.165) is 0 Å². The van der Waals surface area contributed by atoms with E-state index in [2.05, 4.69) is 0 Å². The Labute approximate surface area is 77.2 Å². The van der Waals surface area contributed by atoms with Gasteiger partial charge in [0, 0.05) is 4.91 Å². The van der Waals surface area contributed by atoms with Crippen molar-refractivity contribution >= 4 is 10.1 Å². The van der Waals surface area contributed by atoms with Gasteiger partial charge in [0.25, 0.3) is 0 Å². The molecule has 0 atom stereocenters. The average Bonchev–Trinajstić information content (AvgIpc) is 1.62. The first-order chi connectivity index (χ1) is 3.48. The maximum atomic E-state index is 9.94. The Kier molecular flexibility index (Phi) is 6.12. The van der Waals surface area contributed by atoms with E-state index in [-0.39, 0.29) is 34.5 Å². The number of rotatable bonds is 1. The van der Waals surface area contributed by atoms with Gasteiger partial charge in [0.05, 0.1) is 0 Å². The molecular weight excluding hydrogens is 151 g/mol. The van der Waals surface area contributed by atoms with Crippen LogP contribution in [0.2, 0.25) is 0 Å². The van der Waals surface area contributed by atoms with Gasteiger partial charge in [0.15, 0.2) is 0 Å². The number of hydrogen-bond acceptors (Lipinski definition) is 3. The van der Waals surface area contributed by atoms with E-state index in [9.17, 15) is 13.0 Å². The van der Waals surface area contributed by atoms with Crippen LogP contribution in [0, 0.1) is 0 Å². The van der Waals surface area contributed by atoms with Crippen LogP contribution >= 0.6 is 0 Å². The molecule has 0 amide bonds. The van der Waals surface area contributed by atoms with Gasteiger partial charge in [-0.2, -0.15) is 0 Å². The molecule has 48 valence electrons. The second-order valence-electron chi connectivity index (χ2n) is 1.35. The fraction of sp³-hybridized carbons (Fsp3) is 0.500. The van der Waals surface area contributed by atoms with Crippen molar-refractivity contribution in [3.8, 4) is 0 Å². The zero-order chi connectivity index (χ0) is 6.78. The molecule has 0 heterocycles. The van der Waals surface area contributed by atoms with E-state index in [4.69, 9.17) is 0 Å². The van der Waals surface area contributed by atoms with Crippen LogP contribution in [0.25, 0.3) is 0 Å². The molecule has 0 unspecified atom stereocenters. The minimum atomic E-state index is -4.14. The molecule has 0 N–H and O–H groups in total. The smallest absolute Gasteiger partial charge is 0.744 e. The minimum Gasteiger partial charge on any atom is -0.744 e. The van der Waals surface area contributed by atoms with Gasteiger partial charge in [-0.25, -0.2) is 8.42 Å². The van der Waals surface area contributed by atoms with Crippen LogP contribution in [-0.2, 0) is 10.1 Å². The third kappa shape index (κ3) is 5.11. The molecule has 0 spiro atoms. The van der Waals surface area contributed by atoms with Crippen LogP contribution in [0.4, 0.5) is 0 Å². The summed E-state index contributed by atoms with van der Waals surface area (Å²) < 4.78 is 29.8. The Morgan fingerprint density at radius 1 is 1.56 bits per heavy atom. The van der Waals surface area contributed by atoms with Gasteiger partial charge in [-0.15, -0.1) is 0 Å². The Morgan fingerprint density at radius 3 is 1.89 bits per heavy atom. The second-order valence-corrected chi connectivity index (χ2v) is 2.91. The van der Waals surface area contributed by atoms with E-state index in [0.29, 0.717) is 0 Å². The average molecular weight is 158 g/mol. The van der Waals surface area contributed by atoms with Crippen LogP contribution in [-0.4, -0.2) is 13.0 Å². The maximum Gasteiger partial charge on any atom is 1.00 e. The molecule has 0 saturated heterocycles. The van der Waals surface area contributed by atoms with Crippen LogP contribution in [0.1, 0.15) is 13.8 Å². The van der Waals surface area contributed by atoms with Crippen LogP contribution in [0.5, 0.6) is 0 Å². The minimum absolute atomic E-state index is 0. The molecule has 0 aromatic rings. The van der Waals surface area contributed by atoms with Crippen LogP contribution in [0.15, 0.2) is 11.0 Å². The zero-order valence-corrected chi connectivity index (χ0v) is 8.53. The molecule has 0 saturated carbocycles. The SMILES string of the molecule is C/C=C(/C)S(=O)(=O)[O-].[Na+]. The van der Waals surface area contributed by atoms with Crippen molar-refractivity contribution in [3.63, 3.8) is 0 Å². The van der Waals surface area contributed by atoms with E-state index in [1.807, 2.05) is 0 Å². The summed E-state index contributed by atoms with van der Waals surface area (Å²) in [4.78, 5) is -0.127. The largest absolute Gasteiger partial charge is 1.00 e. The Morgan fingerprint density at radius 2 is 1.89 bits per heavy atom. The molecule has 0 aliphatic carbocycles. The summed E-state index contributed by atoms with van der Waals surface area (Å²) in [5, 5.41) is 0. The predicted molar refractivity (Wildman–Crippen MR) is 29.1 cm³/mol. The molecule has 9 heavy (non-hydrogen) atoms. The molecule has 0 fully saturated rings. The molecular formula is C4H7NaO3S. The van der Waals surface area contributed by atoms with Crippen molar-refractivity contribution in [3.05, 3.63) is 11.0 Å². The van der Waals surface area contributed by atoms with Gasteiger partial charge >= 0.3 is 29.6 Å². The van der Waals surface area contributed by atoms with Crippen LogP contribution in [0.3, 0.4) is 0 Å². The van der Waals surface area contributed by atoms with Crippen molar-refractivity contribution in [2.24, 2.45) is 0 Å². The molecule has 5 heteroatoms. The Hall–Kier alpha value is 0.650. The quantitative estimate of drug-likeness (QED) is 0.312. The van der Waals surface area contributed by atoms with Crippen molar-refractivity contribution in [1.29, 1.82) is 0 Å². The molecule has 0 rings (SSSR count). The zero-order valence-electron chi connectivity index (χ0n) is 5.71. The van der Waals surface area contributed by atoms with E-state index >= 15 is 0 Å². The van der Waals surface area contributed by atoms with Crippen molar-refractivity contribution < 1.29 is 42.5 Å². The third-order valence-electron chi connectivity index (χ3n) is 0.801. The van der Waals surface area contributed by atoms with Crippen molar-refractivity contribution in [1.82, 2.24) is 0 Å². The van der Waals surface area contributed by atoms with E-state index < -0.39 is 10.1 Å². The van der Waals surface area contributed by atoms with Crippen molar-refractivity contribution in [2.75, 3.05) is 0 Å². The Balaban J connectivity index is 0. The van der Waals surface area contributed by atoms with Gasteiger partial charge in [0.1, 0.15) is 10.1 Å². The fourth-order valence-corrected chi connectivity index (χ4v) is 0.433. The summed E-state index contributed by atoms with van der Waals surface area (Å²) >= 11 is 0. The van der Waals surface area contributed by atoms with Gasteiger partial charge < -0.3 is 4.55 Å². The first kappa shape index (κ1) is 12.3. The number of hydrogen-bond donors (Lipinski definition) is 0. The summed E-state index contributed by atoms with van der Waals surface area (Å²) in [6, 6.07) is 0. The molecule has 0 aliphatic rings. The molecule has 3 nitrogen and oxygen atoms in total. The Bertz CT molecular complexity index is 192. The monoisotopic (exact) mass is 158 g/mol. The molecule has 0 bridgehead atoms. The fourth-order valence-electron chi connectivity index (χ4n) is 0.144. The molecule has 0 aliphatic heterocycles. The first-order valence-corrected chi connectivity index (χ1v) is 3.48. The standard InChI is InChI=1S/C4H8O3S.Na/c1-3-4(2)8(5,6)7;/h3H,1-2H3,(H,5,6,7);/q;+1/p-1/b4-3-;. The summed E-state index contributed by atoms with van der Waals surface area (Å²) in [6.07, 6.45) is 1.27. The molecule has 0 radical (unpaired) electrons. The third-order valence-corrected chi connectivity index (χ3v) is 1.83. The first-order valence-electron chi connectivity index (χ1n) is 2.07. The molecule has 0 aromatic heterocycles. The summed E-state index contributed by atoms with van der Waals surface area (Å²) in [6.45, 7) is 2.77. The summed E-state index contributed by atoms with van der Waals surface area (Å²) in [7, 11) is -4.14. The van der Waals surface area contributed by atoms with Gasteiger partial charge in [-0.3, -0.25) is 0 Å². The van der Waals surface area contributed by atoms with Gasteiger partial charge in [-0.05, 0) is 13.8 Å².